The number of hydrogen-bond donors (Lipinski definition) is 0. The summed E-state index contributed by atoms with van der Waals surface area (Å²) in [6, 6.07) is 19.2. The van der Waals surface area contributed by atoms with E-state index < -0.39 is 0 Å². The van der Waals surface area contributed by atoms with Gasteiger partial charge in [0.2, 0.25) is 0 Å². The predicted octanol–water partition coefficient (Wildman–Crippen LogP) is 5.64. The van der Waals surface area contributed by atoms with Gasteiger partial charge in [0.15, 0.2) is 0 Å². The molecule has 2 radical (unpaired) electrons. The fourth-order valence-corrected chi connectivity index (χ4v) is 3.90. The average Bonchev–Trinajstić information content (AvgIpc) is 2.54. The molecular formula is C20H15BI2. The minimum Gasteiger partial charge on any atom is -0.0884 e. The van der Waals surface area contributed by atoms with E-state index in [1.54, 1.807) is 0 Å². The van der Waals surface area contributed by atoms with E-state index >= 15 is 0 Å². The summed E-state index contributed by atoms with van der Waals surface area (Å²) in [5.74, 6) is 0. The van der Waals surface area contributed by atoms with Crippen LogP contribution in [-0.2, 0) is 0 Å². The van der Waals surface area contributed by atoms with Gasteiger partial charge in [-0.2, -0.15) is 0 Å². The molecular weight excluding hydrogens is 505 g/mol. The highest BCUT2D eigenvalue weighted by Gasteiger charge is 2.09. The Bertz CT molecular complexity index is 868. The zero-order valence-electron chi connectivity index (χ0n) is 13.0. The van der Waals surface area contributed by atoms with Gasteiger partial charge in [0, 0.05) is 7.14 Å². The molecule has 0 bridgehead atoms. The molecule has 0 spiro atoms. The SMILES string of the molecule is [B]c1cc(-c2ccc(C)c(C)c2I)ccc1-c1ccc(I)cc1. The highest BCUT2D eigenvalue weighted by Crippen LogP contribution is 2.30. The van der Waals surface area contributed by atoms with Gasteiger partial charge in [-0.1, -0.05) is 47.9 Å². The summed E-state index contributed by atoms with van der Waals surface area (Å²) < 4.78 is 2.52. The van der Waals surface area contributed by atoms with Crippen LogP contribution in [0.3, 0.4) is 0 Å². The van der Waals surface area contributed by atoms with Crippen LogP contribution in [0, 0.1) is 21.0 Å². The molecule has 0 aliphatic carbocycles. The van der Waals surface area contributed by atoms with Crippen LogP contribution in [0.2, 0.25) is 0 Å². The molecule has 0 heterocycles. The van der Waals surface area contributed by atoms with Crippen LogP contribution < -0.4 is 5.46 Å². The fraction of sp³-hybridized carbons (Fsp3) is 0.100. The van der Waals surface area contributed by atoms with Gasteiger partial charge in [0.1, 0.15) is 7.85 Å². The summed E-state index contributed by atoms with van der Waals surface area (Å²) in [6.45, 7) is 4.32. The van der Waals surface area contributed by atoms with Gasteiger partial charge in [0.05, 0.1) is 0 Å². The number of aryl methyl sites for hydroxylation is 1. The van der Waals surface area contributed by atoms with Crippen LogP contribution in [0.1, 0.15) is 11.1 Å². The molecule has 0 aliphatic rings. The highest BCUT2D eigenvalue weighted by molar-refractivity contribution is 14.1. The maximum Gasteiger partial charge on any atom is 0.114 e. The van der Waals surface area contributed by atoms with Crippen molar-refractivity contribution in [2.45, 2.75) is 13.8 Å². The zero-order chi connectivity index (χ0) is 16.6. The Balaban J connectivity index is 2.06. The van der Waals surface area contributed by atoms with Crippen molar-refractivity contribution < 1.29 is 0 Å². The molecule has 112 valence electrons. The molecule has 0 aromatic heterocycles. The van der Waals surface area contributed by atoms with E-state index in [4.69, 9.17) is 7.85 Å². The van der Waals surface area contributed by atoms with E-state index in [1.165, 1.54) is 29.4 Å². The predicted molar refractivity (Wildman–Crippen MR) is 118 cm³/mol. The van der Waals surface area contributed by atoms with E-state index in [1.807, 2.05) is 0 Å². The Morgan fingerprint density at radius 3 is 2.00 bits per heavy atom. The van der Waals surface area contributed by atoms with Crippen LogP contribution in [0.25, 0.3) is 22.3 Å². The van der Waals surface area contributed by atoms with Gasteiger partial charge in [0.25, 0.3) is 0 Å². The third kappa shape index (κ3) is 3.50. The van der Waals surface area contributed by atoms with Crippen molar-refractivity contribution in [1.29, 1.82) is 0 Å². The zero-order valence-corrected chi connectivity index (χ0v) is 17.3. The normalized spacial score (nSPS) is 10.8. The quantitative estimate of drug-likeness (QED) is 0.304. The smallest absolute Gasteiger partial charge is 0.0884 e. The molecule has 23 heavy (non-hydrogen) atoms. The second kappa shape index (κ2) is 6.97. The van der Waals surface area contributed by atoms with E-state index in [-0.39, 0.29) is 0 Å². The first kappa shape index (κ1) is 17.0. The first-order valence-corrected chi connectivity index (χ1v) is 9.54. The molecule has 0 unspecified atom stereocenters. The lowest BCUT2D eigenvalue weighted by Gasteiger charge is -2.13. The Kier molecular flexibility index (Phi) is 5.16. The first-order chi connectivity index (χ1) is 11.0. The van der Waals surface area contributed by atoms with Gasteiger partial charge < -0.3 is 0 Å². The summed E-state index contributed by atoms with van der Waals surface area (Å²) in [5.41, 5.74) is 8.13. The monoisotopic (exact) mass is 520 g/mol. The highest BCUT2D eigenvalue weighted by atomic mass is 127. The Hall–Kier alpha value is -0.815. The minimum absolute atomic E-state index is 0.817. The average molecular weight is 520 g/mol. The number of rotatable bonds is 2. The second-order valence-electron chi connectivity index (χ2n) is 5.68. The molecule has 0 saturated heterocycles. The summed E-state index contributed by atoms with van der Waals surface area (Å²) in [6.07, 6.45) is 0. The van der Waals surface area contributed by atoms with E-state index in [0.717, 1.165) is 16.6 Å². The molecule has 0 fully saturated rings. The van der Waals surface area contributed by atoms with E-state index in [0.29, 0.717) is 0 Å². The third-order valence-electron chi connectivity index (χ3n) is 4.18. The fourth-order valence-electron chi connectivity index (χ4n) is 2.63. The maximum absolute atomic E-state index is 6.34. The second-order valence-corrected chi connectivity index (χ2v) is 8.00. The van der Waals surface area contributed by atoms with Crippen molar-refractivity contribution >= 4 is 58.5 Å². The van der Waals surface area contributed by atoms with Crippen molar-refractivity contribution in [3.8, 4) is 22.3 Å². The lowest BCUT2D eigenvalue weighted by molar-refractivity contribution is 1.31. The maximum atomic E-state index is 6.34. The third-order valence-corrected chi connectivity index (χ3v) is 6.28. The van der Waals surface area contributed by atoms with Gasteiger partial charge in [-0.05, 0) is 105 Å². The molecule has 0 amide bonds. The number of hydrogen-bond acceptors (Lipinski definition) is 0. The molecule has 0 N–H and O–H groups in total. The van der Waals surface area contributed by atoms with Crippen molar-refractivity contribution in [3.63, 3.8) is 0 Å². The molecule has 3 rings (SSSR count). The van der Waals surface area contributed by atoms with Crippen LogP contribution in [0.5, 0.6) is 0 Å². The van der Waals surface area contributed by atoms with E-state index in [2.05, 4.69) is 114 Å². The van der Waals surface area contributed by atoms with E-state index in [9.17, 15) is 0 Å². The Morgan fingerprint density at radius 1 is 0.739 bits per heavy atom. The summed E-state index contributed by atoms with van der Waals surface area (Å²) in [7, 11) is 6.34. The Morgan fingerprint density at radius 2 is 1.35 bits per heavy atom. The van der Waals surface area contributed by atoms with Crippen molar-refractivity contribution in [1.82, 2.24) is 0 Å². The van der Waals surface area contributed by atoms with Crippen molar-refractivity contribution in [3.05, 3.63) is 72.9 Å². The van der Waals surface area contributed by atoms with Crippen molar-refractivity contribution in [2.24, 2.45) is 0 Å². The van der Waals surface area contributed by atoms with Gasteiger partial charge >= 0.3 is 0 Å². The van der Waals surface area contributed by atoms with Crippen LogP contribution in [-0.4, -0.2) is 7.85 Å². The van der Waals surface area contributed by atoms with Gasteiger partial charge in [-0.15, -0.1) is 0 Å². The molecule has 0 atom stereocenters. The summed E-state index contributed by atoms with van der Waals surface area (Å²) >= 11 is 4.74. The molecule has 3 aromatic rings. The molecule has 0 aliphatic heterocycles. The Labute approximate surface area is 166 Å². The topological polar surface area (TPSA) is 0 Å². The molecule has 0 nitrogen and oxygen atoms in total. The van der Waals surface area contributed by atoms with Crippen molar-refractivity contribution in [2.75, 3.05) is 0 Å². The summed E-state index contributed by atoms with van der Waals surface area (Å²) in [4.78, 5) is 0. The first-order valence-electron chi connectivity index (χ1n) is 7.39. The lowest BCUT2D eigenvalue weighted by atomic mass is 9.84. The van der Waals surface area contributed by atoms with Gasteiger partial charge in [-0.25, -0.2) is 0 Å². The molecule has 3 heteroatoms. The molecule has 0 saturated carbocycles. The lowest BCUT2D eigenvalue weighted by Crippen LogP contribution is -2.07. The van der Waals surface area contributed by atoms with Gasteiger partial charge in [-0.3, -0.25) is 0 Å². The summed E-state index contributed by atoms with van der Waals surface area (Å²) in [5, 5.41) is 0. The van der Waals surface area contributed by atoms with Crippen LogP contribution >= 0.6 is 45.2 Å². The van der Waals surface area contributed by atoms with Crippen LogP contribution in [0.15, 0.2) is 54.6 Å². The van der Waals surface area contributed by atoms with Crippen LogP contribution in [0.4, 0.5) is 0 Å². The molecule has 3 aromatic carbocycles. The number of halogens is 2. The standard InChI is InChI=1S/C20H15BI2/c1-12-3-9-18(20(23)13(12)2)15-6-10-17(19(21)11-15)14-4-7-16(22)8-5-14/h3-11H,1-2H3. The number of benzene rings is 3. The minimum atomic E-state index is 0.817. The largest absolute Gasteiger partial charge is 0.114 e.